The Bertz CT molecular complexity index is 555. The summed E-state index contributed by atoms with van der Waals surface area (Å²) in [5.74, 6) is -8.05. The first-order valence-corrected chi connectivity index (χ1v) is 5.83. The molecule has 0 unspecified atom stereocenters. The van der Waals surface area contributed by atoms with Crippen LogP contribution in [0.3, 0.4) is 0 Å². The fraction of sp³-hybridized carbons (Fsp3) is 0.385. The van der Waals surface area contributed by atoms with Gasteiger partial charge in [0.1, 0.15) is 0 Å². The van der Waals surface area contributed by atoms with Crippen molar-refractivity contribution in [2.45, 2.75) is 13.2 Å². The van der Waals surface area contributed by atoms with Crippen LogP contribution in [0.1, 0.15) is 29.1 Å². The molecule has 5 nitrogen and oxygen atoms in total. The van der Waals surface area contributed by atoms with Gasteiger partial charge >= 0.3 is 5.97 Å². The van der Waals surface area contributed by atoms with Crippen LogP contribution < -0.4 is 0 Å². The number of rotatable bonds is 6. The first-order chi connectivity index (χ1) is 9.88. The Kier molecular flexibility index (Phi) is 5.86. The van der Waals surface area contributed by atoms with E-state index in [1.54, 1.807) is 0 Å². The van der Waals surface area contributed by atoms with Crippen LogP contribution in [0.5, 0.6) is 0 Å². The number of Topliss-reactive ketones (excluding diaryl/α,β-unsaturated/α-hetero) is 1. The zero-order valence-corrected chi connectivity index (χ0v) is 11.5. The van der Waals surface area contributed by atoms with Crippen molar-refractivity contribution in [1.29, 1.82) is 0 Å². The van der Waals surface area contributed by atoms with Crippen LogP contribution in [0, 0.1) is 17.5 Å². The minimum Gasteiger partial charge on any atom is -0.460 e. The van der Waals surface area contributed by atoms with Gasteiger partial charge in [-0.05, 0) is 13.0 Å². The molecule has 116 valence electrons. The largest absolute Gasteiger partial charge is 0.460 e. The van der Waals surface area contributed by atoms with Crippen molar-refractivity contribution >= 4 is 11.8 Å². The molecule has 0 bridgehead atoms. The summed E-state index contributed by atoms with van der Waals surface area (Å²) in [7, 11) is 2.28. The Morgan fingerprint density at radius 3 is 2.14 bits per heavy atom. The Morgan fingerprint density at radius 2 is 1.67 bits per heavy atom. The lowest BCUT2D eigenvalue weighted by molar-refractivity contribution is -0.137. The zero-order valence-electron chi connectivity index (χ0n) is 11.5. The van der Waals surface area contributed by atoms with E-state index in [-0.39, 0.29) is 6.61 Å². The second-order valence-corrected chi connectivity index (χ2v) is 3.81. The molecule has 1 rings (SSSR count). The summed E-state index contributed by atoms with van der Waals surface area (Å²) < 4.78 is 54.7. The van der Waals surface area contributed by atoms with E-state index in [1.165, 1.54) is 6.92 Å². The highest BCUT2D eigenvalue weighted by atomic mass is 19.2. The van der Waals surface area contributed by atoms with Gasteiger partial charge in [0.15, 0.2) is 23.7 Å². The van der Waals surface area contributed by atoms with E-state index in [0.29, 0.717) is 6.07 Å². The lowest BCUT2D eigenvalue weighted by Gasteiger charge is -2.16. The lowest BCUT2D eigenvalue weighted by Crippen LogP contribution is -2.21. The summed E-state index contributed by atoms with van der Waals surface area (Å²) in [5, 5.41) is 0. The number of carbonyl (C=O) groups excluding carboxylic acids is 2. The molecule has 0 aromatic heterocycles. The second kappa shape index (κ2) is 7.19. The van der Waals surface area contributed by atoms with Crippen molar-refractivity contribution in [3.8, 4) is 0 Å². The number of ketones is 1. The van der Waals surface area contributed by atoms with Gasteiger partial charge in [-0.3, -0.25) is 4.79 Å². The normalized spacial score (nSPS) is 10.8. The number of hydrogen-bond acceptors (Lipinski definition) is 5. The monoisotopic (exact) mass is 306 g/mol. The summed E-state index contributed by atoms with van der Waals surface area (Å²) in [6.45, 7) is 1.31. The molecule has 0 aliphatic rings. The quantitative estimate of drug-likeness (QED) is 0.265. The van der Waals surface area contributed by atoms with Crippen LogP contribution in [0.15, 0.2) is 6.07 Å². The zero-order chi connectivity index (χ0) is 16.2. The molecule has 0 radical (unpaired) electrons. The molecule has 0 aliphatic heterocycles. The number of esters is 1. The molecule has 21 heavy (non-hydrogen) atoms. The van der Waals surface area contributed by atoms with Crippen LogP contribution in [-0.4, -0.2) is 32.6 Å². The Labute approximate surface area is 118 Å². The number of ether oxygens (including phenoxy) is 3. The molecule has 0 saturated heterocycles. The van der Waals surface area contributed by atoms with Gasteiger partial charge in [-0.25, -0.2) is 18.0 Å². The van der Waals surface area contributed by atoms with Gasteiger partial charge in [-0.1, -0.05) is 0 Å². The highest BCUT2D eigenvalue weighted by Gasteiger charge is 2.30. The third-order valence-electron chi connectivity index (χ3n) is 2.56. The third kappa shape index (κ3) is 3.40. The maximum Gasteiger partial charge on any atom is 0.379 e. The molecule has 1 aromatic carbocycles. The smallest absolute Gasteiger partial charge is 0.379 e. The number of halogens is 3. The van der Waals surface area contributed by atoms with Crippen LogP contribution in [0.4, 0.5) is 13.2 Å². The molecule has 8 heteroatoms. The molecule has 0 N–H and O–H groups in total. The van der Waals surface area contributed by atoms with Gasteiger partial charge in [0.05, 0.1) is 12.2 Å². The van der Waals surface area contributed by atoms with Gasteiger partial charge in [0.25, 0.3) is 5.78 Å². The first kappa shape index (κ1) is 17.1. The van der Waals surface area contributed by atoms with Gasteiger partial charge in [-0.2, -0.15) is 0 Å². The maximum atomic E-state index is 13.7. The highest BCUT2D eigenvalue weighted by Crippen LogP contribution is 2.27. The number of methoxy groups -OCH3 is 2. The molecule has 1 aromatic rings. The average Bonchev–Trinajstić information content (AvgIpc) is 2.47. The summed E-state index contributed by atoms with van der Waals surface area (Å²) in [5.41, 5.74) is -1.51. The topological polar surface area (TPSA) is 61.8 Å². The van der Waals surface area contributed by atoms with Crippen molar-refractivity contribution in [3.63, 3.8) is 0 Å². The van der Waals surface area contributed by atoms with E-state index in [9.17, 15) is 22.8 Å². The number of benzene rings is 1. The van der Waals surface area contributed by atoms with Gasteiger partial charge in [0, 0.05) is 19.8 Å². The standard InChI is InChI=1S/C13H13F3O5/c1-4-21-12(18)11(17)6-5-7(13(19-2)20-3)9(15)10(16)8(6)14/h5,13H,4H2,1-3H3. The van der Waals surface area contributed by atoms with E-state index in [0.717, 1.165) is 14.2 Å². The van der Waals surface area contributed by atoms with Crippen molar-refractivity contribution in [2.75, 3.05) is 20.8 Å². The van der Waals surface area contributed by atoms with Crippen LogP contribution >= 0.6 is 0 Å². The van der Waals surface area contributed by atoms with Crippen molar-refractivity contribution in [1.82, 2.24) is 0 Å². The van der Waals surface area contributed by atoms with Gasteiger partial charge in [-0.15, -0.1) is 0 Å². The summed E-state index contributed by atoms with van der Waals surface area (Å²) >= 11 is 0. The van der Waals surface area contributed by atoms with E-state index < -0.39 is 46.6 Å². The first-order valence-electron chi connectivity index (χ1n) is 5.83. The van der Waals surface area contributed by atoms with Crippen LogP contribution in [0.25, 0.3) is 0 Å². The maximum absolute atomic E-state index is 13.7. The minimum atomic E-state index is -1.90. The molecule has 0 fully saturated rings. The lowest BCUT2D eigenvalue weighted by atomic mass is 10.0. The molecule has 0 spiro atoms. The van der Waals surface area contributed by atoms with E-state index in [4.69, 9.17) is 9.47 Å². The Balaban J connectivity index is 3.40. The predicted molar refractivity (Wildman–Crippen MR) is 64.0 cm³/mol. The van der Waals surface area contributed by atoms with Crippen LogP contribution in [0.2, 0.25) is 0 Å². The second-order valence-electron chi connectivity index (χ2n) is 3.81. The van der Waals surface area contributed by atoms with Gasteiger partial charge in [0.2, 0.25) is 0 Å². The van der Waals surface area contributed by atoms with Crippen molar-refractivity contribution < 1.29 is 37.0 Å². The summed E-state index contributed by atoms with van der Waals surface area (Å²) in [6, 6.07) is 0.657. The molecule has 0 amide bonds. The minimum absolute atomic E-state index is 0.124. The number of hydrogen-bond donors (Lipinski definition) is 0. The van der Waals surface area contributed by atoms with E-state index in [1.807, 2.05) is 0 Å². The summed E-state index contributed by atoms with van der Waals surface area (Å²) in [4.78, 5) is 23.0. The summed E-state index contributed by atoms with van der Waals surface area (Å²) in [6.07, 6.45) is -1.37. The molecule has 0 saturated carbocycles. The molecule has 0 atom stereocenters. The van der Waals surface area contributed by atoms with E-state index in [2.05, 4.69) is 4.74 Å². The highest BCUT2D eigenvalue weighted by molar-refractivity contribution is 6.40. The third-order valence-corrected chi connectivity index (χ3v) is 2.56. The molecule has 0 heterocycles. The van der Waals surface area contributed by atoms with Crippen LogP contribution in [-0.2, 0) is 19.0 Å². The molecular formula is C13H13F3O5. The molecule has 0 aliphatic carbocycles. The SMILES string of the molecule is CCOC(=O)C(=O)c1cc(C(OC)OC)c(F)c(F)c1F. The number of carbonyl (C=O) groups is 2. The molecular weight excluding hydrogens is 293 g/mol. The Hall–Kier alpha value is -1.93. The predicted octanol–water partition coefficient (Wildman–Crippen LogP) is 2.14. The van der Waals surface area contributed by atoms with Gasteiger partial charge < -0.3 is 14.2 Å². The van der Waals surface area contributed by atoms with E-state index >= 15 is 0 Å². The fourth-order valence-corrected chi connectivity index (χ4v) is 1.62. The van der Waals surface area contributed by atoms with Crippen molar-refractivity contribution in [3.05, 3.63) is 34.6 Å². The van der Waals surface area contributed by atoms with Crippen molar-refractivity contribution in [2.24, 2.45) is 0 Å². The average molecular weight is 306 g/mol. The fourth-order valence-electron chi connectivity index (χ4n) is 1.62. The Morgan fingerprint density at radius 1 is 1.10 bits per heavy atom.